The third-order valence-electron chi connectivity index (χ3n) is 3.07. The average Bonchev–Trinajstić information content (AvgIpc) is 2.18. The molecule has 1 heterocycles. The summed E-state index contributed by atoms with van der Waals surface area (Å²) in [5, 5.41) is 0.720. The summed E-state index contributed by atoms with van der Waals surface area (Å²) < 4.78 is 5.21. The third-order valence-corrected chi connectivity index (χ3v) is 3.33. The van der Waals surface area contributed by atoms with Crippen LogP contribution < -0.4 is 11.5 Å². The third kappa shape index (κ3) is 1.88. The Morgan fingerprint density at radius 3 is 2.33 bits per heavy atom. The molecule has 15 heavy (non-hydrogen) atoms. The maximum atomic E-state index is 6.19. The van der Waals surface area contributed by atoms with Crippen LogP contribution in [-0.2, 0) is 4.74 Å². The van der Waals surface area contributed by atoms with Crippen molar-refractivity contribution in [3.05, 3.63) is 34.9 Å². The van der Waals surface area contributed by atoms with Crippen LogP contribution in [0.5, 0.6) is 0 Å². The van der Waals surface area contributed by atoms with Gasteiger partial charge in [-0.15, -0.1) is 0 Å². The van der Waals surface area contributed by atoms with Gasteiger partial charge in [0.05, 0.1) is 13.2 Å². The Bertz CT molecular complexity index is 329. The molecular formula is C11H15ClN2O. The maximum Gasteiger partial charge on any atom is 0.0575 e. The quantitative estimate of drug-likeness (QED) is 0.817. The fourth-order valence-corrected chi connectivity index (χ4v) is 1.94. The number of halogens is 1. The average molecular weight is 227 g/mol. The molecule has 3 nitrogen and oxygen atoms in total. The predicted molar refractivity (Wildman–Crippen MR) is 60.7 cm³/mol. The van der Waals surface area contributed by atoms with Crippen LogP contribution in [0.15, 0.2) is 24.3 Å². The van der Waals surface area contributed by atoms with Crippen LogP contribution in [0.4, 0.5) is 0 Å². The highest BCUT2D eigenvalue weighted by molar-refractivity contribution is 6.30. The Labute approximate surface area is 94.3 Å². The lowest BCUT2D eigenvalue weighted by molar-refractivity contribution is -0.121. The first-order chi connectivity index (χ1) is 7.18. The van der Waals surface area contributed by atoms with E-state index in [-0.39, 0.29) is 11.5 Å². The monoisotopic (exact) mass is 226 g/mol. The second kappa shape index (κ2) is 4.10. The number of ether oxygens (including phenoxy) is 1. The van der Waals surface area contributed by atoms with E-state index in [4.69, 9.17) is 27.8 Å². The molecule has 4 N–H and O–H groups in total. The fraction of sp³-hybridized carbons (Fsp3) is 0.455. The summed E-state index contributed by atoms with van der Waals surface area (Å²) in [6.07, 6.45) is 0. The van der Waals surface area contributed by atoms with Gasteiger partial charge in [0.25, 0.3) is 0 Å². The molecule has 1 aliphatic heterocycles. The van der Waals surface area contributed by atoms with Gasteiger partial charge >= 0.3 is 0 Å². The summed E-state index contributed by atoms with van der Waals surface area (Å²) in [5.41, 5.74) is 12.9. The summed E-state index contributed by atoms with van der Waals surface area (Å²) in [4.78, 5) is 0. The van der Waals surface area contributed by atoms with Crippen molar-refractivity contribution >= 4 is 11.6 Å². The van der Waals surface area contributed by atoms with Gasteiger partial charge in [-0.1, -0.05) is 23.7 Å². The van der Waals surface area contributed by atoms with E-state index in [1.165, 1.54) is 0 Å². The zero-order chi connectivity index (χ0) is 10.9. The molecule has 0 spiro atoms. The lowest BCUT2D eigenvalue weighted by Crippen LogP contribution is -2.54. The van der Waals surface area contributed by atoms with Gasteiger partial charge in [-0.25, -0.2) is 0 Å². The minimum absolute atomic E-state index is 0.0754. The normalized spacial score (nSPS) is 20.7. The van der Waals surface area contributed by atoms with E-state index in [1.54, 1.807) is 0 Å². The van der Waals surface area contributed by atoms with E-state index in [0.29, 0.717) is 19.8 Å². The van der Waals surface area contributed by atoms with E-state index in [9.17, 15) is 0 Å². The molecule has 0 radical (unpaired) electrons. The Morgan fingerprint density at radius 2 is 1.93 bits per heavy atom. The van der Waals surface area contributed by atoms with Gasteiger partial charge in [0.2, 0.25) is 0 Å². The van der Waals surface area contributed by atoms with Gasteiger partial charge in [-0.05, 0) is 17.7 Å². The second-order valence-electron chi connectivity index (χ2n) is 4.09. The molecule has 1 fully saturated rings. The molecular weight excluding hydrogens is 212 g/mol. The molecule has 1 aromatic carbocycles. The summed E-state index contributed by atoms with van der Waals surface area (Å²) in [6.45, 7) is 1.84. The van der Waals surface area contributed by atoms with Crippen molar-refractivity contribution in [1.29, 1.82) is 0 Å². The zero-order valence-corrected chi connectivity index (χ0v) is 9.20. The fourth-order valence-electron chi connectivity index (χ4n) is 1.81. The van der Waals surface area contributed by atoms with Crippen molar-refractivity contribution < 1.29 is 4.74 Å². The molecule has 0 bridgehead atoms. The summed E-state index contributed by atoms with van der Waals surface area (Å²) in [7, 11) is 0. The predicted octanol–water partition coefficient (Wildman–Crippen LogP) is 1.32. The van der Waals surface area contributed by atoms with Crippen LogP contribution in [0.3, 0.4) is 0 Å². The van der Waals surface area contributed by atoms with E-state index < -0.39 is 0 Å². The number of hydrogen-bond acceptors (Lipinski definition) is 3. The molecule has 1 aromatic rings. The highest BCUT2D eigenvalue weighted by Gasteiger charge is 2.43. The number of nitrogens with two attached hydrogens (primary N) is 2. The van der Waals surface area contributed by atoms with Gasteiger partial charge in [0.15, 0.2) is 0 Å². The maximum absolute atomic E-state index is 6.19. The standard InChI is InChI=1S/C11H15ClN2O/c12-9-3-1-8(2-4-9)10(14)11(5-13)6-15-7-11/h1-4,10H,5-7,13-14H2. The lowest BCUT2D eigenvalue weighted by atomic mass is 9.76. The van der Waals surface area contributed by atoms with E-state index in [2.05, 4.69) is 0 Å². The van der Waals surface area contributed by atoms with Crippen LogP contribution in [0.1, 0.15) is 11.6 Å². The van der Waals surface area contributed by atoms with Crippen molar-refractivity contribution in [3.8, 4) is 0 Å². The molecule has 0 aromatic heterocycles. The van der Waals surface area contributed by atoms with Crippen LogP contribution >= 0.6 is 11.6 Å². The van der Waals surface area contributed by atoms with Gasteiger partial charge in [0, 0.05) is 23.0 Å². The molecule has 1 saturated heterocycles. The molecule has 2 rings (SSSR count). The summed E-state index contributed by atoms with van der Waals surface area (Å²) in [6, 6.07) is 7.51. The lowest BCUT2D eigenvalue weighted by Gasteiger charge is -2.45. The Balaban J connectivity index is 2.19. The first-order valence-electron chi connectivity index (χ1n) is 4.97. The summed E-state index contributed by atoms with van der Waals surface area (Å²) in [5.74, 6) is 0. The van der Waals surface area contributed by atoms with Crippen LogP contribution in [0.25, 0.3) is 0 Å². The van der Waals surface area contributed by atoms with Gasteiger partial charge < -0.3 is 16.2 Å². The van der Waals surface area contributed by atoms with Crippen LogP contribution in [0, 0.1) is 5.41 Å². The van der Waals surface area contributed by atoms with Crippen LogP contribution in [0.2, 0.25) is 5.02 Å². The topological polar surface area (TPSA) is 61.3 Å². The van der Waals surface area contributed by atoms with E-state index in [0.717, 1.165) is 10.6 Å². The molecule has 0 amide bonds. The van der Waals surface area contributed by atoms with Gasteiger partial charge in [-0.2, -0.15) is 0 Å². The van der Waals surface area contributed by atoms with Crippen molar-refractivity contribution in [2.75, 3.05) is 19.8 Å². The molecule has 1 atom stereocenters. The number of benzene rings is 1. The van der Waals surface area contributed by atoms with Gasteiger partial charge in [-0.3, -0.25) is 0 Å². The molecule has 1 unspecified atom stereocenters. The molecule has 0 saturated carbocycles. The molecule has 0 aliphatic carbocycles. The molecule has 82 valence electrons. The van der Waals surface area contributed by atoms with Crippen LogP contribution in [-0.4, -0.2) is 19.8 Å². The van der Waals surface area contributed by atoms with Crippen molar-refractivity contribution in [2.45, 2.75) is 6.04 Å². The number of hydrogen-bond donors (Lipinski definition) is 2. The highest BCUT2D eigenvalue weighted by Crippen LogP contribution is 2.38. The van der Waals surface area contributed by atoms with E-state index >= 15 is 0 Å². The molecule has 4 heteroatoms. The van der Waals surface area contributed by atoms with Crippen molar-refractivity contribution in [2.24, 2.45) is 16.9 Å². The minimum atomic E-state index is -0.0895. The van der Waals surface area contributed by atoms with E-state index in [1.807, 2.05) is 24.3 Å². The largest absolute Gasteiger partial charge is 0.380 e. The minimum Gasteiger partial charge on any atom is -0.380 e. The highest BCUT2D eigenvalue weighted by atomic mass is 35.5. The van der Waals surface area contributed by atoms with Crippen molar-refractivity contribution in [3.63, 3.8) is 0 Å². The first-order valence-corrected chi connectivity index (χ1v) is 5.35. The smallest absolute Gasteiger partial charge is 0.0575 e. The zero-order valence-electron chi connectivity index (χ0n) is 8.45. The van der Waals surface area contributed by atoms with Crippen molar-refractivity contribution in [1.82, 2.24) is 0 Å². The Hall–Kier alpha value is -0.610. The summed E-state index contributed by atoms with van der Waals surface area (Å²) >= 11 is 5.82. The molecule has 1 aliphatic rings. The second-order valence-corrected chi connectivity index (χ2v) is 4.52. The SMILES string of the molecule is NCC1(C(N)c2ccc(Cl)cc2)COC1. The Morgan fingerprint density at radius 1 is 1.33 bits per heavy atom. The Kier molecular flexibility index (Phi) is 2.98. The first kappa shape index (κ1) is 10.9. The van der Waals surface area contributed by atoms with Gasteiger partial charge in [0.1, 0.15) is 0 Å². The number of rotatable bonds is 3.